The number of rotatable bonds is 7. The number of halogens is 1. The number of methoxy groups -OCH3 is 1. The molecule has 0 aliphatic carbocycles. The normalized spacial score (nSPS) is 11.4. The number of nitrogens with zero attached hydrogens (tertiary/aromatic N) is 1. The molecule has 0 bridgehead atoms. The van der Waals surface area contributed by atoms with E-state index in [-0.39, 0.29) is 22.2 Å². The number of aromatic nitrogens is 1. The predicted octanol–water partition coefficient (Wildman–Crippen LogP) is 3.94. The lowest BCUT2D eigenvalue weighted by atomic mass is 10.2. The quantitative estimate of drug-likeness (QED) is 0.431. The molecule has 6 nitrogen and oxygen atoms in total. The summed E-state index contributed by atoms with van der Waals surface area (Å²) in [6.45, 7) is 0.290. The Morgan fingerprint density at radius 1 is 1.00 bits per heavy atom. The molecule has 164 valence electrons. The predicted molar refractivity (Wildman–Crippen MR) is 119 cm³/mol. The van der Waals surface area contributed by atoms with Crippen LogP contribution in [0.3, 0.4) is 0 Å². The van der Waals surface area contributed by atoms with Gasteiger partial charge in [0.1, 0.15) is 18.1 Å². The van der Waals surface area contributed by atoms with Crippen LogP contribution in [0.1, 0.15) is 5.56 Å². The van der Waals surface area contributed by atoms with E-state index in [4.69, 9.17) is 4.74 Å². The Labute approximate surface area is 185 Å². The molecule has 1 amide bonds. The zero-order chi connectivity index (χ0) is 22.7. The molecule has 0 fully saturated rings. The van der Waals surface area contributed by atoms with Crippen LogP contribution in [0, 0.1) is 5.82 Å². The second-order valence-corrected chi connectivity index (χ2v) is 9.14. The van der Waals surface area contributed by atoms with E-state index in [1.807, 2.05) is 24.3 Å². The van der Waals surface area contributed by atoms with Crippen LogP contribution in [0.5, 0.6) is 5.75 Å². The number of nitrogens with one attached hydrogen (secondary N) is 1. The van der Waals surface area contributed by atoms with Crippen LogP contribution in [0.4, 0.5) is 4.39 Å². The third-order valence-electron chi connectivity index (χ3n) is 5.13. The van der Waals surface area contributed by atoms with Crippen LogP contribution in [0.25, 0.3) is 10.9 Å². The van der Waals surface area contributed by atoms with Crippen LogP contribution in [-0.4, -0.2) is 26.0 Å². The van der Waals surface area contributed by atoms with Crippen LogP contribution in [0.2, 0.25) is 0 Å². The van der Waals surface area contributed by atoms with Crippen molar-refractivity contribution in [2.45, 2.75) is 22.9 Å². The Morgan fingerprint density at radius 2 is 1.69 bits per heavy atom. The summed E-state index contributed by atoms with van der Waals surface area (Å²) < 4.78 is 46.3. The van der Waals surface area contributed by atoms with Gasteiger partial charge < -0.3 is 14.6 Å². The first kappa shape index (κ1) is 21.6. The molecule has 0 aliphatic rings. The van der Waals surface area contributed by atoms with E-state index < -0.39 is 15.7 Å². The van der Waals surface area contributed by atoms with Gasteiger partial charge in [0.2, 0.25) is 15.7 Å². The zero-order valence-electron chi connectivity index (χ0n) is 17.3. The van der Waals surface area contributed by atoms with Gasteiger partial charge in [-0.25, -0.2) is 12.8 Å². The number of amides is 1. The molecule has 1 heterocycles. The molecular weight excluding hydrogens is 431 g/mol. The molecule has 0 saturated carbocycles. The van der Waals surface area contributed by atoms with Gasteiger partial charge in [-0.05, 0) is 48.0 Å². The molecule has 0 atom stereocenters. The number of ether oxygens (including phenoxy) is 1. The molecule has 0 aliphatic heterocycles. The van der Waals surface area contributed by atoms with E-state index in [0.717, 1.165) is 23.4 Å². The monoisotopic (exact) mass is 452 g/mol. The minimum atomic E-state index is -3.89. The summed E-state index contributed by atoms with van der Waals surface area (Å²) in [4.78, 5) is 12.6. The molecule has 32 heavy (non-hydrogen) atoms. The zero-order valence-corrected chi connectivity index (χ0v) is 18.1. The Hall–Kier alpha value is -3.65. The van der Waals surface area contributed by atoms with Crippen LogP contribution in [0.15, 0.2) is 88.8 Å². The van der Waals surface area contributed by atoms with Gasteiger partial charge in [-0.1, -0.05) is 30.3 Å². The Bertz CT molecular complexity index is 1360. The summed E-state index contributed by atoms with van der Waals surface area (Å²) in [6.07, 6.45) is 1.45. The maximum atomic E-state index is 13.3. The fourth-order valence-electron chi connectivity index (χ4n) is 3.45. The molecule has 0 unspecified atom stereocenters. The van der Waals surface area contributed by atoms with E-state index in [1.165, 1.54) is 18.3 Å². The number of fused-ring (bicyclic) bond motifs is 1. The lowest BCUT2D eigenvalue weighted by molar-refractivity contribution is -0.121. The summed E-state index contributed by atoms with van der Waals surface area (Å²) in [5.41, 5.74) is 1.53. The number of benzene rings is 3. The highest BCUT2D eigenvalue weighted by Crippen LogP contribution is 2.30. The first-order valence-electron chi connectivity index (χ1n) is 9.86. The highest BCUT2D eigenvalue weighted by atomic mass is 32.2. The average molecular weight is 453 g/mol. The van der Waals surface area contributed by atoms with Gasteiger partial charge in [0.25, 0.3) is 0 Å². The fraction of sp³-hybridized carbons (Fsp3) is 0.125. The minimum Gasteiger partial charge on any atom is -0.497 e. The highest BCUT2D eigenvalue weighted by Gasteiger charge is 2.24. The number of para-hydroxylation sites is 1. The van der Waals surface area contributed by atoms with Gasteiger partial charge in [0.05, 0.1) is 16.9 Å². The number of carbonyl (C=O) groups is 1. The summed E-state index contributed by atoms with van der Waals surface area (Å²) >= 11 is 0. The third kappa shape index (κ3) is 4.36. The maximum absolute atomic E-state index is 13.3. The van der Waals surface area contributed by atoms with Crippen LogP contribution in [-0.2, 0) is 27.7 Å². The summed E-state index contributed by atoms with van der Waals surface area (Å²) in [6, 6.07) is 19.0. The van der Waals surface area contributed by atoms with E-state index in [1.54, 1.807) is 35.9 Å². The molecule has 0 saturated heterocycles. The van der Waals surface area contributed by atoms with Crippen LogP contribution < -0.4 is 10.1 Å². The van der Waals surface area contributed by atoms with E-state index >= 15 is 0 Å². The van der Waals surface area contributed by atoms with Crippen molar-refractivity contribution in [3.8, 4) is 5.75 Å². The van der Waals surface area contributed by atoms with Crippen molar-refractivity contribution in [1.29, 1.82) is 0 Å². The van der Waals surface area contributed by atoms with Crippen LogP contribution >= 0.6 is 0 Å². The largest absolute Gasteiger partial charge is 0.497 e. The standard InChI is InChI=1S/C24H21FN2O4S/c1-31-19-10-6-17(7-11-19)14-26-24(28)16-27-15-23(21-4-2-3-5-22(21)27)32(29,30)20-12-8-18(25)9-13-20/h2-13,15H,14,16H2,1H3,(H,26,28). The molecule has 4 rings (SSSR count). The maximum Gasteiger partial charge on any atom is 0.240 e. The molecule has 4 aromatic rings. The lowest BCUT2D eigenvalue weighted by Crippen LogP contribution is -2.26. The topological polar surface area (TPSA) is 77.4 Å². The molecule has 3 aromatic carbocycles. The highest BCUT2D eigenvalue weighted by molar-refractivity contribution is 7.91. The van der Waals surface area contributed by atoms with Crippen molar-refractivity contribution < 1.29 is 22.3 Å². The molecule has 8 heteroatoms. The van der Waals surface area contributed by atoms with E-state index in [2.05, 4.69) is 5.32 Å². The number of hydrogen-bond acceptors (Lipinski definition) is 4. The Kier molecular flexibility index (Phi) is 5.96. The van der Waals surface area contributed by atoms with E-state index in [0.29, 0.717) is 17.4 Å². The lowest BCUT2D eigenvalue weighted by Gasteiger charge is -2.08. The summed E-state index contributed by atoms with van der Waals surface area (Å²) in [5.74, 6) is -0.0407. The van der Waals surface area contributed by atoms with Gasteiger partial charge in [0.15, 0.2) is 0 Å². The van der Waals surface area contributed by atoms with E-state index in [9.17, 15) is 17.6 Å². The first-order chi connectivity index (χ1) is 15.4. The molecule has 1 aromatic heterocycles. The van der Waals surface area contributed by atoms with Crippen molar-refractivity contribution in [3.05, 3.63) is 90.4 Å². The van der Waals surface area contributed by atoms with Gasteiger partial charge in [-0.2, -0.15) is 0 Å². The number of hydrogen-bond donors (Lipinski definition) is 1. The summed E-state index contributed by atoms with van der Waals surface area (Å²) in [7, 11) is -2.30. The minimum absolute atomic E-state index is 0.00856. The average Bonchev–Trinajstić information content (AvgIpc) is 3.17. The van der Waals surface area contributed by atoms with Crippen molar-refractivity contribution in [3.63, 3.8) is 0 Å². The molecule has 0 spiro atoms. The van der Waals surface area contributed by atoms with Gasteiger partial charge in [-0.3, -0.25) is 4.79 Å². The fourth-order valence-corrected chi connectivity index (χ4v) is 4.93. The van der Waals surface area contributed by atoms with Gasteiger partial charge >= 0.3 is 0 Å². The Balaban J connectivity index is 1.58. The molecule has 1 N–H and O–H groups in total. The second-order valence-electron chi connectivity index (χ2n) is 7.22. The van der Waals surface area contributed by atoms with Crippen molar-refractivity contribution in [2.24, 2.45) is 0 Å². The van der Waals surface area contributed by atoms with Gasteiger partial charge in [-0.15, -0.1) is 0 Å². The first-order valence-corrected chi connectivity index (χ1v) is 11.3. The van der Waals surface area contributed by atoms with Crippen molar-refractivity contribution >= 4 is 26.6 Å². The summed E-state index contributed by atoms with van der Waals surface area (Å²) in [5, 5.41) is 3.34. The molecule has 0 radical (unpaired) electrons. The smallest absolute Gasteiger partial charge is 0.240 e. The number of carbonyl (C=O) groups excluding carboxylic acids is 1. The van der Waals surface area contributed by atoms with Crippen molar-refractivity contribution in [2.75, 3.05) is 7.11 Å². The SMILES string of the molecule is COc1ccc(CNC(=O)Cn2cc(S(=O)(=O)c3ccc(F)cc3)c3ccccc32)cc1. The third-order valence-corrected chi connectivity index (χ3v) is 6.93. The number of sulfone groups is 1. The van der Waals surface area contributed by atoms with Gasteiger partial charge in [0, 0.05) is 23.6 Å². The van der Waals surface area contributed by atoms with Crippen molar-refractivity contribution in [1.82, 2.24) is 9.88 Å². The second kappa shape index (κ2) is 8.84. The molecular formula is C24H21FN2O4S. The Morgan fingerprint density at radius 3 is 2.38 bits per heavy atom.